The van der Waals surface area contributed by atoms with Crippen molar-refractivity contribution < 1.29 is 9.59 Å². The summed E-state index contributed by atoms with van der Waals surface area (Å²) in [5, 5.41) is 7.05. The lowest BCUT2D eigenvalue weighted by atomic mass is 10.3. The fourth-order valence-corrected chi connectivity index (χ4v) is 2.26. The number of nitrogens with one attached hydrogen (secondary N) is 2. The summed E-state index contributed by atoms with van der Waals surface area (Å²) in [4.78, 5) is 33.1. The van der Waals surface area contributed by atoms with Gasteiger partial charge in [-0.3, -0.25) is 24.5 Å². The maximum atomic E-state index is 11.4. The minimum absolute atomic E-state index is 0.129. The van der Waals surface area contributed by atoms with Crippen molar-refractivity contribution in [2.75, 3.05) is 18.5 Å². The standard InChI is InChI=1S/C11H14N8O2/c1-18-11-6(2-13-18)10(17-12)14-7(15-11)3-19-4-8(20)16-9(21)5-19/h2H,3-5,12H2,1H3,(H,14,15,17)(H,16,20,21). The van der Waals surface area contributed by atoms with E-state index >= 15 is 0 Å². The summed E-state index contributed by atoms with van der Waals surface area (Å²) in [5.41, 5.74) is 3.13. The molecular weight excluding hydrogens is 276 g/mol. The van der Waals surface area contributed by atoms with Gasteiger partial charge >= 0.3 is 0 Å². The monoisotopic (exact) mass is 290 g/mol. The number of carbonyl (C=O) groups excluding carboxylic acids is 2. The van der Waals surface area contributed by atoms with Gasteiger partial charge in [0.05, 0.1) is 31.2 Å². The van der Waals surface area contributed by atoms with Gasteiger partial charge in [-0.2, -0.15) is 5.10 Å². The Morgan fingerprint density at radius 3 is 2.71 bits per heavy atom. The molecule has 4 N–H and O–H groups in total. The molecule has 0 spiro atoms. The van der Waals surface area contributed by atoms with Crippen molar-refractivity contribution in [2.45, 2.75) is 6.54 Å². The molecule has 1 fully saturated rings. The number of imide groups is 1. The quantitative estimate of drug-likeness (QED) is 0.339. The molecule has 0 unspecified atom stereocenters. The van der Waals surface area contributed by atoms with Crippen LogP contribution in [0.1, 0.15) is 5.82 Å². The summed E-state index contributed by atoms with van der Waals surface area (Å²) >= 11 is 0. The second-order valence-corrected chi connectivity index (χ2v) is 4.75. The lowest BCUT2D eigenvalue weighted by molar-refractivity contribution is -0.136. The van der Waals surface area contributed by atoms with Crippen LogP contribution >= 0.6 is 0 Å². The number of rotatable bonds is 3. The Morgan fingerprint density at radius 2 is 2.05 bits per heavy atom. The van der Waals surface area contributed by atoms with Crippen LogP contribution in [0.15, 0.2) is 6.20 Å². The number of hydrogen-bond acceptors (Lipinski definition) is 8. The number of hydrazine groups is 1. The highest BCUT2D eigenvalue weighted by Crippen LogP contribution is 2.19. The average Bonchev–Trinajstić information content (AvgIpc) is 2.79. The first kappa shape index (κ1) is 13.4. The molecule has 0 atom stereocenters. The summed E-state index contributed by atoms with van der Waals surface area (Å²) < 4.78 is 1.61. The number of piperazine rings is 1. The lowest BCUT2D eigenvalue weighted by Gasteiger charge is -2.24. The molecule has 1 aliphatic heterocycles. The SMILES string of the molecule is Cn1ncc2c(NN)nc(CN3CC(=O)NC(=O)C3)nc21. The van der Waals surface area contributed by atoms with E-state index in [4.69, 9.17) is 5.84 Å². The molecule has 110 valence electrons. The predicted octanol–water partition coefficient (Wildman–Crippen LogP) is -1.89. The third kappa shape index (κ3) is 2.53. The van der Waals surface area contributed by atoms with E-state index in [-0.39, 0.29) is 31.4 Å². The normalized spacial score (nSPS) is 16.3. The minimum Gasteiger partial charge on any atom is -0.308 e. The Labute approximate surface area is 119 Å². The van der Waals surface area contributed by atoms with E-state index in [1.165, 1.54) is 0 Å². The molecule has 2 aromatic rings. The molecule has 3 rings (SSSR count). The highest BCUT2D eigenvalue weighted by Gasteiger charge is 2.23. The minimum atomic E-state index is -0.329. The van der Waals surface area contributed by atoms with Crippen LogP contribution in [0.2, 0.25) is 0 Å². The summed E-state index contributed by atoms with van der Waals surface area (Å²) in [6.45, 7) is 0.531. The zero-order chi connectivity index (χ0) is 15.0. The molecule has 0 radical (unpaired) electrons. The zero-order valence-electron chi connectivity index (χ0n) is 11.3. The molecule has 0 aromatic carbocycles. The Bertz CT molecular complexity index is 708. The Balaban J connectivity index is 1.91. The first-order chi connectivity index (χ1) is 10.1. The number of nitrogen functional groups attached to an aromatic ring is 1. The highest BCUT2D eigenvalue weighted by atomic mass is 16.2. The number of aryl methyl sites for hydroxylation is 1. The van der Waals surface area contributed by atoms with Crippen LogP contribution in [0, 0.1) is 0 Å². The highest BCUT2D eigenvalue weighted by molar-refractivity contribution is 5.99. The summed E-state index contributed by atoms with van der Waals surface area (Å²) in [7, 11) is 1.76. The van der Waals surface area contributed by atoms with Crippen molar-refractivity contribution in [3.63, 3.8) is 0 Å². The topological polar surface area (TPSA) is 131 Å². The first-order valence-corrected chi connectivity index (χ1v) is 6.27. The van der Waals surface area contributed by atoms with E-state index < -0.39 is 0 Å². The van der Waals surface area contributed by atoms with Gasteiger partial charge in [0, 0.05) is 7.05 Å². The fraction of sp³-hybridized carbons (Fsp3) is 0.364. The molecule has 1 saturated heterocycles. The lowest BCUT2D eigenvalue weighted by Crippen LogP contribution is -2.51. The van der Waals surface area contributed by atoms with Crippen molar-refractivity contribution in [1.82, 2.24) is 30.0 Å². The number of fused-ring (bicyclic) bond motifs is 1. The number of nitrogens with two attached hydrogens (primary N) is 1. The summed E-state index contributed by atoms with van der Waals surface area (Å²) in [6.07, 6.45) is 1.62. The van der Waals surface area contributed by atoms with Gasteiger partial charge in [0.25, 0.3) is 0 Å². The average molecular weight is 290 g/mol. The van der Waals surface area contributed by atoms with Crippen molar-refractivity contribution >= 4 is 28.7 Å². The van der Waals surface area contributed by atoms with Crippen molar-refractivity contribution in [3.05, 3.63) is 12.0 Å². The molecule has 0 saturated carbocycles. The number of carbonyl (C=O) groups is 2. The second kappa shape index (κ2) is 5.07. The second-order valence-electron chi connectivity index (χ2n) is 4.75. The molecule has 2 aromatic heterocycles. The zero-order valence-corrected chi connectivity index (χ0v) is 11.3. The van der Waals surface area contributed by atoms with E-state index in [0.717, 1.165) is 0 Å². The van der Waals surface area contributed by atoms with Gasteiger partial charge in [-0.05, 0) is 0 Å². The maximum absolute atomic E-state index is 11.4. The Morgan fingerprint density at radius 1 is 1.33 bits per heavy atom. The number of aromatic nitrogens is 4. The van der Waals surface area contributed by atoms with Crippen molar-refractivity contribution in [1.29, 1.82) is 0 Å². The number of anilines is 1. The molecule has 3 heterocycles. The third-order valence-corrected chi connectivity index (χ3v) is 3.15. The van der Waals surface area contributed by atoms with E-state index in [9.17, 15) is 9.59 Å². The predicted molar refractivity (Wildman–Crippen MR) is 72.5 cm³/mol. The Hall–Kier alpha value is -2.59. The molecule has 1 aliphatic rings. The van der Waals surface area contributed by atoms with Crippen molar-refractivity contribution in [2.24, 2.45) is 12.9 Å². The van der Waals surface area contributed by atoms with Crippen LogP contribution < -0.4 is 16.6 Å². The van der Waals surface area contributed by atoms with Crippen molar-refractivity contribution in [3.8, 4) is 0 Å². The van der Waals surface area contributed by atoms with E-state index in [2.05, 4.69) is 25.8 Å². The first-order valence-electron chi connectivity index (χ1n) is 6.27. The third-order valence-electron chi connectivity index (χ3n) is 3.15. The van der Waals surface area contributed by atoms with Gasteiger partial charge in [-0.15, -0.1) is 0 Å². The van der Waals surface area contributed by atoms with Gasteiger partial charge in [0.15, 0.2) is 11.5 Å². The van der Waals surface area contributed by atoms with E-state index in [0.29, 0.717) is 22.7 Å². The van der Waals surface area contributed by atoms with Gasteiger partial charge in [0.1, 0.15) is 5.82 Å². The van der Waals surface area contributed by atoms with Crippen LogP contribution in [0.25, 0.3) is 11.0 Å². The maximum Gasteiger partial charge on any atom is 0.240 e. The van der Waals surface area contributed by atoms with Crippen LogP contribution in [-0.4, -0.2) is 49.6 Å². The molecule has 10 heteroatoms. The number of nitrogens with zero attached hydrogens (tertiary/aromatic N) is 5. The van der Waals surface area contributed by atoms with Gasteiger partial charge < -0.3 is 5.43 Å². The molecule has 0 bridgehead atoms. The van der Waals surface area contributed by atoms with Crippen LogP contribution in [0.3, 0.4) is 0 Å². The van der Waals surface area contributed by atoms with Gasteiger partial charge in [-0.25, -0.2) is 15.8 Å². The molecular formula is C11H14N8O2. The molecule has 0 aliphatic carbocycles. The summed E-state index contributed by atoms with van der Waals surface area (Å²) in [5.74, 6) is 5.72. The fourth-order valence-electron chi connectivity index (χ4n) is 2.26. The van der Waals surface area contributed by atoms with Crippen LogP contribution in [-0.2, 0) is 23.2 Å². The van der Waals surface area contributed by atoms with Gasteiger partial charge in [0.2, 0.25) is 11.8 Å². The number of amides is 2. The smallest absolute Gasteiger partial charge is 0.240 e. The molecule has 10 nitrogen and oxygen atoms in total. The van der Waals surface area contributed by atoms with Gasteiger partial charge in [-0.1, -0.05) is 0 Å². The Kier molecular flexibility index (Phi) is 3.23. The van der Waals surface area contributed by atoms with E-state index in [1.807, 2.05) is 0 Å². The number of hydrogen-bond donors (Lipinski definition) is 3. The van der Waals surface area contributed by atoms with Crippen LogP contribution in [0.4, 0.5) is 5.82 Å². The molecule has 21 heavy (non-hydrogen) atoms. The largest absolute Gasteiger partial charge is 0.308 e. The van der Waals surface area contributed by atoms with E-state index in [1.54, 1.807) is 22.8 Å². The van der Waals surface area contributed by atoms with Crippen LogP contribution in [0.5, 0.6) is 0 Å². The molecule has 2 amide bonds. The summed E-state index contributed by atoms with van der Waals surface area (Å²) in [6, 6.07) is 0.